The summed E-state index contributed by atoms with van der Waals surface area (Å²) in [5.74, 6) is 0.279. The Morgan fingerprint density at radius 3 is 2.62 bits per heavy atom. The number of sulfonamides is 1. The zero-order chi connectivity index (χ0) is 24.6. The summed E-state index contributed by atoms with van der Waals surface area (Å²) in [6.45, 7) is 6.13. The summed E-state index contributed by atoms with van der Waals surface area (Å²) in [6, 6.07) is 14.5. The fourth-order valence-corrected chi connectivity index (χ4v) is 5.32. The molecule has 180 valence electrons. The van der Waals surface area contributed by atoms with Crippen molar-refractivity contribution < 1.29 is 17.9 Å². The average molecular weight is 500 g/mol. The topological polar surface area (TPSA) is 97.4 Å². The van der Waals surface area contributed by atoms with Crippen LogP contribution in [-0.2, 0) is 33.7 Å². The predicted molar refractivity (Wildman–Crippen MR) is 136 cm³/mol. The molecule has 0 aliphatic rings. The van der Waals surface area contributed by atoms with Gasteiger partial charge in [0.05, 0.1) is 16.5 Å². The van der Waals surface area contributed by atoms with Gasteiger partial charge in [0.2, 0.25) is 15.9 Å². The smallest absolute Gasteiger partial charge is 0.244 e. The van der Waals surface area contributed by atoms with Crippen LogP contribution in [-0.4, -0.2) is 25.4 Å². The van der Waals surface area contributed by atoms with Crippen LogP contribution in [0.25, 0.3) is 6.08 Å². The molecule has 0 fully saturated rings. The lowest BCUT2D eigenvalue weighted by Gasteiger charge is -2.13. The standard InChI is InChI=1S/C25H29N3O4S2/c1-18(2)28-34(30,31)17-22-9-5-4-8-21(22)14-26-25(29)12-11-20-7-6-10-24(13-20)32-15-23-16-33-19(3)27-23/h4-13,16,18,28H,14-15,17H2,1-3H3,(H,26,29)/b12-11+. The van der Waals surface area contributed by atoms with E-state index in [-0.39, 0.29) is 24.2 Å². The van der Waals surface area contributed by atoms with Gasteiger partial charge in [-0.1, -0.05) is 36.4 Å². The third-order valence-electron chi connectivity index (χ3n) is 4.67. The van der Waals surface area contributed by atoms with Crippen molar-refractivity contribution in [2.45, 2.75) is 45.7 Å². The number of aryl methyl sites for hydroxylation is 1. The first-order valence-electron chi connectivity index (χ1n) is 10.9. The highest BCUT2D eigenvalue weighted by Crippen LogP contribution is 2.17. The number of benzene rings is 2. The molecule has 1 heterocycles. The summed E-state index contributed by atoms with van der Waals surface area (Å²) in [5, 5.41) is 5.79. The van der Waals surface area contributed by atoms with E-state index in [1.807, 2.05) is 48.7 Å². The number of nitrogens with zero attached hydrogens (tertiary/aromatic N) is 1. The number of aromatic nitrogens is 1. The monoisotopic (exact) mass is 499 g/mol. The second-order valence-corrected chi connectivity index (χ2v) is 10.9. The number of rotatable bonds is 11. The fraction of sp³-hybridized carbons (Fsp3) is 0.280. The molecule has 2 N–H and O–H groups in total. The Hall–Kier alpha value is -3.01. The maximum atomic E-state index is 12.4. The van der Waals surface area contributed by atoms with Gasteiger partial charge in [0, 0.05) is 24.0 Å². The zero-order valence-corrected chi connectivity index (χ0v) is 21.1. The number of hydrogen-bond acceptors (Lipinski definition) is 6. The molecule has 1 amide bonds. The normalized spacial score (nSPS) is 11.8. The molecule has 0 spiro atoms. The van der Waals surface area contributed by atoms with Gasteiger partial charge in [0.25, 0.3) is 0 Å². The van der Waals surface area contributed by atoms with Gasteiger partial charge < -0.3 is 10.1 Å². The van der Waals surface area contributed by atoms with Gasteiger partial charge in [-0.2, -0.15) is 0 Å². The van der Waals surface area contributed by atoms with Crippen LogP contribution in [0.4, 0.5) is 0 Å². The van der Waals surface area contributed by atoms with E-state index in [9.17, 15) is 13.2 Å². The van der Waals surface area contributed by atoms with Gasteiger partial charge in [-0.3, -0.25) is 4.79 Å². The van der Waals surface area contributed by atoms with Crippen LogP contribution in [0.2, 0.25) is 0 Å². The Kier molecular flexibility index (Phi) is 8.98. The quantitative estimate of drug-likeness (QED) is 0.386. The van der Waals surface area contributed by atoms with Crippen molar-refractivity contribution >= 4 is 33.3 Å². The lowest BCUT2D eigenvalue weighted by molar-refractivity contribution is -0.116. The minimum Gasteiger partial charge on any atom is -0.487 e. The van der Waals surface area contributed by atoms with Crippen LogP contribution in [0.15, 0.2) is 60.0 Å². The minimum absolute atomic E-state index is 0.139. The number of nitrogens with one attached hydrogen (secondary N) is 2. The largest absolute Gasteiger partial charge is 0.487 e. The predicted octanol–water partition coefficient (Wildman–Crippen LogP) is 4.19. The summed E-state index contributed by atoms with van der Waals surface area (Å²) in [7, 11) is -3.46. The van der Waals surface area contributed by atoms with Crippen molar-refractivity contribution in [2.24, 2.45) is 0 Å². The molecule has 1 aromatic heterocycles. The number of amides is 1. The van der Waals surface area contributed by atoms with Crippen LogP contribution in [0.5, 0.6) is 5.75 Å². The molecule has 3 rings (SSSR count). The molecule has 0 saturated carbocycles. The molecular weight excluding hydrogens is 470 g/mol. The molecule has 3 aromatic rings. The highest BCUT2D eigenvalue weighted by Gasteiger charge is 2.15. The van der Waals surface area contributed by atoms with Crippen molar-refractivity contribution in [3.63, 3.8) is 0 Å². The third-order valence-corrected chi connectivity index (χ3v) is 7.01. The second kappa shape index (κ2) is 11.9. The second-order valence-electron chi connectivity index (χ2n) is 8.07. The first-order valence-corrected chi connectivity index (χ1v) is 13.4. The van der Waals surface area contributed by atoms with Gasteiger partial charge in [-0.15, -0.1) is 11.3 Å². The van der Waals surface area contributed by atoms with Crippen LogP contribution in [0, 0.1) is 6.92 Å². The van der Waals surface area contributed by atoms with E-state index in [1.54, 1.807) is 43.4 Å². The highest BCUT2D eigenvalue weighted by molar-refractivity contribution is 7.88. The van der Waals surface area contributed by atoms with Crippen molar-refractivity contribution in [3.8, 4) is 5.75 Å². The van der Waals surface area contributed by atoms with Crippen molar-refractivity contribution in [1.82, 2.24) is 15.0 Å². The van der Waals surface area contributed by atoms with Gasteiger partial charge in [0.15, 0.2) is 0 Å². The molecule has 0 unspecified atom stereocenters. The number of carbonyl (C=O) groups excluding carboxylic acids is 1. The lowest BCUT2D eigenvalue weighted by Crippen LogP contribution is -2.31. The van der Waals surface area contributed by atoms with Gasteiger partial charge >= 0.3 is 0 Å². The highest BCUT2D eigenvalue weighted by atomic mass is 32.2. The molecule has 0 saturated heterocycles. The first kappa shape index (κ1) is 25.6. The van der Waals surface area contributed by atoms with E-state index in [1.165, 1.54) is 6.08 Å². The summed E-state index contributed by atoms with van der Waals surface area (Å²) in [6.07, 6.45) is 3.15. The van der Waals surface area contributed by atoms with Crippen LogP contribution >= 0.6 is 11.3 Å². The van der Waals surface area contributed by atoms with E-state index in [2.05, 4.69) is 15.0 Å². The molecule has 0 aliphatic heterocycles. The Labute approximate surface area is 205 Å². The molecule has 0 radical (unpaired) electrons. The number of hydrogen-bond donors (Lipinski definition) is 2. The fourth-order valence-electron chi connectivity index (χ4n) is 3.23. The van der Waals surface area contributed by atoms with Gasteiger partial charge in [-0.05, 0) is 55.7 Å². The zero-order valence-electron chi connectivity index (χ0n) is 19.4. The number of thiazole rings is 1. The Bertz CT molecular complexity index is 1250. The Balaban J connectivity index is 1.56. The molecule has 0 atom stereocenters. The molecule has 34 heavy (non-hydrogen) atoms. The van der Waals surface area contributed by atoms with E-state index in [0.29, 0.717) is 17.9 Å². The van der Waals surface area contributed by atoms with Crippen LogP contribution < -0.4 is 14.8 Å². The Morgan fingerprint density at radius 2 is 1.91 bits per heavy atom. The van der Waals surface area contributed by atoms with Crippen LogP contribution in [0.1, 0.15) is 41.2 Å². The molecule has 0 aliphatic carbocycles. The maximum absolute atomic E-state index is 12.4. The lowest BCUT2D eigenvalue weighted by atomic mass is 10.1. The summed E-state index contributed by atoms with van der Waals surface area (Å²) in [4.78, 5) is 16.7. The van der Waals surface area contributed by atoms with Gasteiger partial charge in [-0.25, -0.2) is 18.1 Å². The van der Waals surface area contributed by atoms with Crippen molar-refractivity contribution in [3.05, 3.63) is 87.4 Å². The van der Waals surface area contributed by atoms with E-state index >= 15 is 0 Å². The molecule has 9 heteroatoms. The minimum atomic E-state index is -3.46. The average Bonchev–Trinajstić information content (AvgIpc) is 3.20. The summed E-state index contributed by atoms with van der Waals surface area (Å²) >= 11 is 1.58. The van der Waals surface area contributed by atoms with E-state index < -0.39 is 10.0 Å². The first-order chi connectivity index (χ1) is 16.2. The summed E-state index contributed by atoms with van der Waals surface area (Å²) in [5.41, 5.74) is 3.12. The molecular formula is C25H29N3O4S2. The number of ether oxygens (including phenoxy) is 1. The van der Waals surface area contributed by atoms with E-state index in [0.717, 1.165) is 21.8 Å². The summed E-state index contributed by atoms with van der Waals surface area (Å²) < 4.78 is 33.0. The molecule has 0 bridgehead atoms. The van der Waals surface area contributed by atoms with E-state index in [4.69, 9.17) is 4.74 Å². The third kappa shape index (κ3) is 8.40. The number of carbonyl (C=O) groups is 1. The molecule has 2 aromatic carbocycles. The van der Waals surface area contributed by atoms with Gasteiger partial charge in [0.1, 0.15) is 12.4 Å². The van der Waals surface area contributed by atoms with Crippen molar-refractivity contribution in [2.75, 3.05) is 0 Å². The Morgan fingerprint density at radius 1 is 1.15 bits per heavy atom. The maximum Gasteiger partial charge on any atom is 0.244 e. The molecule has 7 nitrogen and oxygen atoms in total. The van der Waals surface area contributed by atoms with Crippen LogP contribution in [0.3, 0.4) is 0 Å². The van der Waals surface area contributed by atoms with Crippen molar-refractivity contribution in [1.29, 1.82) is 0 Å². The SMILES string of the molecule is Cc1nc(COc2cccc(/C=C/C(=O)NCc3ccccc3CS(=O)(=O)NC(C)C)c2)cs1.